The highest BCUT2D eigenvalue weighted by Gasteiger charge is 2.09. The smallest absolute Gasteiger partial charge is 0.384 e. The van der Waals surface area contributed by atoms with E-state index >= 15 is 0 Å². The van der Waals surface area contributed by atoms with Crippen LogP contribution in [0.1, 0.15) is 22.8 Å². The summed E-state index contributed by atoms with van der Waals surface area (Å²) in [6.07, 6.45) is 0.595. The minimum absolute atomic E-state index is 0.118. The van der Waals surface area contributed by atoms with Crippen LogP contribution in [0, 0.1) is 11.8 Å². The van der Waals surface area contributed by atoms with Crippen LogP contribution >= 0.6 is 0 Å². The monoisotopic (exact) mass is 248 g/mol. The number of rotatable bonds is 3. The van der Waals surface area contributed by atoms with Crippen LogP contribution in [0.2, 0.25) is 0 Å². The van der Waals surface area contributed by atoms with E-state index in [0.29, 0.717) is 6.29 Å². The summed E-state index contributed by atoms with van der Waals surface area (Å²) < 4.78 is 9.51. The lowest BCUT2D eigenvalue weighted by atomic mass is 10.1. The highest BCUT2D eigenvalue weighted by molar-refractivity contribution is 5.89. The molecule has 0 fully saturated rings. The van der Waals surface area contributed by atoms with Gasteiger partial charge in [0.15, 0.2) is 11.5 Å². The van der Waals surface area contributed by atoms with Gasteiger partial charge in [0, 0.05) is 11.5 Å². The van der Waals surface area contributed by atoms with Gasteiger partial charge in [0.1, 0.15) is 6.29 Å². The Morgan fingerprint density at radius 3 is 2.78 bits per heavy atom. The number of ether oxygens (including phenoxy) is 2. The Morgan fingerprint density at radius 1 is 1.50 bits per heavy atom. The van der Waals surface area contributed by atoms with E-state index in [1.54, 1.807) is 6.92 Å². The fraction of sp³-hybridized carbons (Fsp3) is 0.231. The molecule has 0 radical (unpaired) electrons. The number of hydrogen-bond acceptors (Lipinski definition) is 5. The third-order valence-electron chi connectivity index (χ3n) is 2.03. The van der Waals surface area contributed by atoms with Crippen LogP contribution in [0.25, 0.3) is 0 Å². The van der Waals surface area contributed by atoms with Gasteiger partial charge in [-0.05, 0) is 19.1 Å². The number of hydrogen-bond donors (Lipinski definition) is 1. The summed E-state index contributed by atoms with van der Waals surface area (Å²) in [6.45, 7) is 1.88. The maximum Gasteiger partial charge on any atom is 0.384 e. The Kier molecular flexibility index (Phi) is 4.76. The fourth-order valence-electron chi connectivity index (χ4n) is 1.23. The van der Waals surface area contributed by atoms with Crippen molar-refractivity contribution in [3.05, 3.63) is 23.3 Å². The van der Waals surface area contributed by atoms with Crippen molar-refractivity contribution < 1.29 is 24.2 Å². The summed E-state index contributed by atoms with van der Waals surface area (Å²) in [5.41, 5.74) is 0.419. The molecule has 0 saturated carbocycles. The Bertz CT molecular complexity index is 522. The van der Waals surface area contributed by atoms with Crippen molar-refractivity contribution >= 4 is 12.3 Å². The van der Waals surface area contributed by atoms with E-state index in [0.717, 1.165) is 0 Å². The largest absolute Gasteiger partial charge is 0.503 e. The van der Waals surface area contributed by atoms with Gasteiger partial charge in [-0.1, -0.05) is 5.92 Å². The number of phenols is 1. The van der Waals surface area contributed by atoms with E-state index in [-0.39, 0.29) is 29.2 Å². The van der Waals surface area contributed by atoms with Gasteiger partial charge in [-0.15, -0.1) is 0 Å². The molecule has 0 saturated heterocycles. The van der Waals surface area contributed by atoms with Crippen molar-refractivity contribution in [2.75, 3.05) is 13.7 Å². The van der Waals surface area contributed by atoms with Gasteiger partial charge in [-0.2, -0.15) is 0 Å². The Hall–Kier alpha value is -2.48. The summed E-state index contributed by atoms with van der Waals surface area (Å²) in [5, 5.41) is 9.76. The van der Waals surface area contributed by atoms with E-state index in [9.17, 15) is 14.7 Å². The van der Waals surface area contributed by atoms with Crippen LogP contribution in [0.4, 0.5) is 0 Å². The number of esters is 1. The fourth-order valence-corrected chi connectivity index (χ4v) is 1.23. The van der Waals surface area contributed by atoms with Crippen molar-refractivity contribution in [2.24, 2.45) is 0 Å². The van der Waals surface area contributed by atoms with Crippen molar-refractivity contribution in [2.45, 2.75) is 6.92 Å². The molecular weight excluding hydrogens is 236 g/mol. The first-order valence-corrected chi connectivity index (χ1v) is 5.17. The lowest BCUT2D eigenvalue weighted by Crippen LogP contribution is -1.99. The summed E-state index contributed by atoms with van der Waals surface area (Å²) in [6, 6.07) is 2.73. The molecule has 0 unspecified atom stereocenters. The second kappa shape index (κ2) is 6.30. The number of aromatic hydroxyl groups is 1. The quantitative estimate of drug-likeness (QED) is 0.493. The molecule has 1 aromatic rings. The molecule has 0 atom stereocenters. The Balaban J connectivity index is 3.15. The van der Waals surface area contributed by atoms with Crippen LogP contribution in [0.5, 0.6) is 11.5 Å². The molecule has 1 rings (SSSR count). The molecule has 0 heterocycles. The van der Waals surface area contributed by atoms with Gasteiger partial charge in [-0.25, -0.2) is 4.79 Å². The number of aldehydes is 1. The standard InChI is InChI=1S/C13H12O5/c1-3-18-12(15)5-4-10-6-9(8-14)7-11(17-2)13(10)16/h6-8,16H,3H2,1-2H3. The number of carbonyl (C=O) groups is 2. The van der Waals surface area contributed by atoms with Crippen LogP contribution in [-0.2, 0) is 9.53 Å². The number of benzene rings is 1. The van der Waals surface area contributed by atoms with Gasteiger partial charge < -0.3 is 14.6 Å². The van der Waals surface area contributed by atoms with Crippen molar-refractivity contribution in [3.8, 4) is 23.3 Å². The number of carbonyl (C=O) groups excluding carboxylic acids is 2. The second-order valence-corrected chi connectivity index (χ2v) is 3.21. The highest BCUT2D eigenvalue weighted by atomic mass is 16.5. The molecule has 94 valence electrons. The number of methoxy groups -OCH3 is 1. The Labute approximate surface area is 104 Å². The SMILES string of the molecule is CCOC(=O)C#Cc1cc(C=O)cc(OC)c1O. The third kappa shape index (κ3) is 3.25. The van der Waals surface area contributed by atoms with Crippen LogP contribution in [0.15, 0.2) is 12.1 Å². The maximum absolute atomic E-state index is 11.1. The second-order valence-electron chi connectivity index (χ2n) is 3.21. The summed E-state index contributed by atoms with van der Waals surface area (Å²) in [4.78, 5) is 21.8. The zero-order chi connectivity index (χ0) is 13.5. The molecule has 0 amide bonds. The highest BCUT2D eigenvalue weighted by Crippen LogP contribution is 2.30. The molecule has 0 aliphatic rings. The van der Waals surface area contributed by atoms with Crippen LogP contribution < -0.4 is 4.74 Å². The van der Waals surface area contributed by atoms with Gasteiger partial charge in [0.05, 0.1) is 19.3 Å². The average molecular weight is 248 g/mol. The topological polar surface area (TPSA) is 72.8 Å². The van der Waals surface area contributed by atoms with Gasteiger partial charge in [0.2, 0.25) is 0 Å². The minimum Gasteiger partial charge on any atom is -0.503 e. The van der Waals surface area contributed by atoms with E-state index in [1.807, 2.05) is 0 Å². The molecule has 0 aromatic heterocycles. The van der Waals surface area contributed by atoms with Crippen molar-refractivity contribution in [3.63, 3.8) is 0 Å². The van der Waals surface area contributed by atoms with E-state index < -0.39 is 5.97 Å². The number of phenolic OH excluding ortho intramolecular Hbond substituents is 1. The first-order valence-electron chi connectivity index (χ1n) is 5.17. The third-order valence-corrected chi connectivity index (χ3v) is 2.03. The van der Waals surface area contributed by atoms with Gasteiger partial charge in [0.25, 0.3) is 0 Å². The predicted octanol–water partition coefficient (Wildman–Crippen LogP) is 1.13. The van der Waals surface area contributed by atoms with Crippen LogP contribution in [0.3, 0.4) is 0 Å². The zero-order valence-corrected chi connectivity index (χ0v) is 10.0. The predicted molar refractivity (Wildman–Crippen MR) is 63.6 cm³/mol. The summed E-state index contributed by atoms with van der Waals surface area (Å²) in [7, 11) is 1.35. The summed E-state index contributed by atoms with van der Waals surface area (Å²) >= 11 is 0. The van der Waals surface area contributed by atoms with E-state index in [2.05, 4.69) is 16.6 Å². The molecule has 18 heavy (non-hydrogen) atoms. The van der Waals surface area contributed by atoms with Crippen molar-refractivity contribution in [1.29, 1.82) is 0 Å². The summed E-state index contributed by atoms with van der Waals surface area (Å²) in [5.74, 6) is 3.83. The molecule has 0 aliphatic carbocycles. The lowest BCUT2D eigenvalue weighted by Gasteiger charge is -2.05. The Morgan fingerprint density at radius 2 is 2.22 bits per heavy atom. The van der Waals surface area contributed by atoms with Crippen LogP contribution in [-0.4, -0.2) is 31.1 Å². The molecule has 0 bridgehead atoms. The minimum atomic E-state index is -0.702. The molecular formula is C13H12O5. The van der Waals surface area contributed by atoms with Gasteiger partial charge in [-0.3, -0.25) is 4.79 Å². The van der Waals surface area contributed by atoms with Crippen molar-refractivity contribution in [1.82, 2.24) is 0 Å². The molecule has 5 nitrogen and oxygen atoms in total. The van der Waals surface area contributed by atoms with Gasteiger partial charge >= 0.3 is 5.97 Å². The molecule has 1 aromatic carbocycles. The van der Waals surface area contributed by atoms with E-state index in [4.69, 9.17) is 4.74 Å². The normalized spacial score (nSPS) is 9.00. The first kappa shape index (κ1) is 13.6. The molecule has 5 heteroatoms. The van der Waals surface area contributed by atoms with E-state index in [1.165, 1.54) is 19.2 Å². The zero-order valence-electron chi connectivity index (χ0n) is 10.0. The molecule has 0 aliphatic heterocycles. The molecule has 0 spiro atoms. The maximum atomic E-state index is 11.1. The lowest BCUT2D eigenvalue weighted by molar-refractivity contribution is -0.136. The first-order chi connectivity index (χ1) is 8.62. The molecule has 1 N–H and O–H groups in total. The average Bonchev–Trinajstić information content (AvgIpc) is 2.38.